The molecule has 0 unspecified atom stereocenters. The summed E-state index contributed by atoms with van der Waals surface area (Å²) in [6.07, 6.45) is -2.39. The van der Waals surface area contributed by atoms with Crippen LogP contribution in [-0.4, -0.2) is 25.5 Å². The van der Waals surface area contributed by atoms with Gasteiger partial charge in [-0.3, -0.25) is 4.79 Å². The molecule has 0 saturated carbocycles. The topological polar surface area (TPSA) is 31.2 Å². The highest BCUT2D eigenvalue weighted by molar-refractivity contribution is 6.76. The summed E-state index contributed by atoms with van der Waals surface area (Å²) < 4.78 is 46.1. The SMILES string of the molecule is C[Si](C)(C)CCOCn1ccc2c(C=O)cc(C(F)(F)F)cc21. The van der Waals surface area contributed by atoms with Crippen molar-refractivity contribution < 1.29 is 22.7 Å². The summed E-state index contributed by atoms with van der Waals surface area (Å²) in [4.78, 5) is 11.1. The van der Waals surface area contributed by atoms with Gasteiger partial charge in [-0.1, -0.05) is 19.6 Å². The molecular weight excluding hydrogens is 323 g/mol. The van der Waals surface area contributed by atoms with Gasteiger partial charge in [-0.15, -0.1) is 0 Å². The van der Waals surface area contributed by atoms with Crippen LogP contribution in [0.4, 0.5) is 13.2 Å². The lowest BCUT2D eigenvalue weighted by molar-refractivity contribution is -0.137. The van der Waals surface area contributed by atoms with Crippen molar-refractivity contribution in [1.82, 2.24) is 4.57 Å². The predicted molar refractivity (Wildman–Crippen MR) is 86.4 cm³/mol. The Balaban J connectivity index is 2.26. The predicted octanol–water partition coefficient (Wildman–Crippen LogP) is 4.78. The number of carbonyl (C=O) groups excluding carboxylic acids is 1. The number of fused-ring (bicyclic) bond motifs is 1. The highest BCUT2D eigenvalue weighted by atomic mass is 28.3. The zero-order valence-corrected chi connectivity index (χ0v) is 14.4. The van der Waals surface area contributed by atoms with Crippen molar-refractivity contribution in [3.05, 3.63) is 35.5 Å². The third kappa shape index (κ3) is 4.45. The normalized spacial score (nSPS) is 12.8. The van der Waals surface area contributed by atoms with Crippen LogP contribution in [0.25, 0.3) is 10.9 Å². The van der Waals surface area contributed by atoms with E-state index in [1.165, 1.54) is 0 Å². The summed E-state index contributed by atoms with van der Waals surface area (Å²) >= 11 is 0. The average molecular weight is 343 g/mol. The highest BCUT2D eigenvalue weighted by Crippen LogP contribution is 2.33. The van der Waals surface area contributed by atoms with E-state index in [-0.39, 0.29) is 12.3 Å². The third-order valence-electron chi connectivity index (χ3n) is 3.60. The molecule has 0 spiro atoms. The molecule has 23 heavy (non-hydrogen) atoms. The third-order valence-corrected chi connectivity index (χ3v) is 5.31. The van der Waals surface area contributed by atoms with Crippen LogP contribution in [0.2, 0.25) is 25.7 Å². The quantitative estimate of drug-likeness (QED) is 0.429. The summed E-state index contributed by atoms with van der Waals surface area (Å²) in [6.45, 7) is 7.44. The van der Waals surface area contributed by atoms with Crippen molar-refractivity contribution in [2.24, 2.45) is 0 Å². The molecule has 1 aromatic heterocycles. The van der Waals surface area contributed by atoms with Crippen LogP contribution >= 0.6 is 0 Å². The van der Waals surface area contributed by atoms with Crippen LogP contribution in [0.5, 0.6) is 0 Å². The van der Waals surface area contributed by atoms with E-state index in [1.54, 1.807) is 16.8 Å². The van der Waals surface area contributed by atoms with Gasteiger partial charge in [-0.2, -0.15) is 13.2 Å². The van der Waals surface area contributed by atoms with Gasteiger partial charge in [-0.25, -0.2) is 0 Å². The Bertz CT molecular complexity index is 702. The smallest absolute Gasteiger partial charge is 0.361 e. The molecule has 0 fully saturated rings. The minimum absolute atomic E-state index is 0.0377. The molecule has 0 aliphatic rings. The van der Waals surface area contributed by atoms with Crippen molar-refractivity contribution in [3.63, 3.8) is 0 Å². The van der Waals surface area contributed by atoms with Gasteiger partial charge in [0.15, 0.2) is 6.29 Å². The minimum Gasteiger partial charge on any atom is -0.361 e. The van der Waals surface area contributed by atoms with Crippen molar-refractivity contribution in [3.8, 4) is 0 Å². The van der Waals surface area contributed by atoms with Crippen molar-refractivity contribution in [2.45, 2.75) is 38.6 Å². The van der Waals surface area contributed by atoms with Gasteiger partial charge in [0, 0.05) is 31.8 Å². The number of hydrogen-bond acceptors (Lipinski definition) is 2. The maximum absolute atomic E-state index is 13.0. The van der Waals surface area contributed by atoms with E-state index >= 15 is 0 Å². The van der Waals surface area contributed by atoms with Crippen LogP contribution < -0.4 is 0 Å². The lowest BCUT2D eigenvalue weighted by atomic mass is 10.1. The zero-order valence-electron chi connectivity index (χ0n) is 13.4. The zero-order chi connectivity index (χ0) is 17.3. The Morgan fingerprint density at radius 2 is 1.96 bits per heavy atom. The molecule has 0 atom stereocenters. The average Bonchev–Trinajstić information content (AvgIpc) is 2.84. The second-order valence-corrected chi connectivity index (χ2v) is 12.4. The molecule has 1 aromatic carbocycles. The second-order valence-electron chi connectivity index (χ2n) is 6.75. The number of ether oxygens (including phenoxy) is 1. The molecule has 1 heterocycles. The molecule has 2 aromatic rings. The Morgan fingerprint density at radius 1 is 1.26 bits per heavy atom. The number of aromatic nitrogens is 1. The van der Waals surface area contributed by atoms with E-state index in [0.717, 1.165) is 18.2 Å². The molecule has 0 amide bonds. The molecule has 3 nitrogen and oxygen atoms in total. The number of aldehydes is 1. The van der Waals surface area contributed by atoms with Gasteiger partial charge in [0.2, 0.25) is 0 Å². The van der Waals surface area contributed by atoms with Crippen molar-refractivity contribution in [2.75, 3.05) is 6.61 Å². The maximum atomic E-state index is 13.0. The first-order valence-electron chi connectivity index (χ1n) is 7.35. The van der Waals surface area contributed by atoms with Gasteiger partial charge < -0.3 is 9.30 Å². The fourth-order valence-electron chi connectivity index (χ4n) is 2.24. The summed E-state index contributed by atoms with van der Waals surface area (Å²) in [6, 6.07) is 4.57. The van der Waals surface area contributed by atoms with Crippen LogP contribution in [0.15, 0.2) is 24.4 Å². The Hall–Kier alpha value is -1.60. The van der Waals surface area contributed by atoms with E-state index in [0.29, 0.717) is 23.8 Å². The van der Waals surface area contributed by atoms with Crippen LogP contribution in [0, 0.1) is 0 Å². The Kier molecular flexibility index (Phi) is 5.00. The van der Waals surface area contributed by atoms with Crippen LogP contribution in [0.1, 0.15) is 15.9 Å². The van der Waals surface area contributed by atoms with Gasteiger partial charge in [0.25, 0.3) is 0 Å². The first kappa shape index (κ1) is 17.7. The first-order valence-corrected chi connectivity index (χ1v) is 11.1. The second kappa shape index (κ2) is 6.49. The van der Waals surface area contributed by atoms with Gasteiger partial charge in [-0.05, 0) is 24.2 Å². The number of hydrogen-bond donors (Lipinski definition) is 0. The van der Waals surface area contributed by atoms with Crippen molar-refractivity contribution in [1.29, 1.82) is 0 Å². The molecule has 0 N–H and O–H groups in total. The lowest BCUT2D eigenvalue weighted by Gasteiger charge is -2.16. The van der Waals surface area contributed by atoms with Gasteiger partial charge in [0.1, 0.15) is 6.73 Å². The largest absolute Gasteiger partial charge is 0.416 e. The van der Waals surface area contributed by atoms with E-state index in [2.05, 4.69) is 19.6 Å². The van der Waals surface area contributed by atoms with Crippen molar-refractivity contribution >= 4 is 25.3 Å². The van der Waals surface area contributed by atoms with Gasteiger partial charge in [0.05, 0.1) is 11.1 Å². The molecule has 0 bridgehead atoms. The van der Waals surface area contributed by atoms with E-state index in [9.17, 15) is 18.0 Å². The highest BCUT2D eigenvalue weighted by Gasteiger charge is 2.31. The first-order chi connectivity index (χ1) is 10.6. The number of carbonyl (C=O) groups is 1. The molecule has 0 aliphatic heterocycles. The number of nitrogens with zero attached hydrogens (tertiary/aromatic N) is 1. The van der Waals surface area contributed by atoms with Gasteiger partial charge >= 0.3 is 6.18 Å². The molecule has 126 valence electrons. The van der Waals surface area contributed by atoms with E-state index in [1.807, 2.05) is 0 Å². The summed E-state index contributed by atoms with van der Waals surface area (Å²) in [7, 11) is -1.21. The molecule has 2 rings (SSSR count). The number of halogens is 3. The molecular formula is C16H20F3NO2Si. The minimum atomic E-state index is -4.49. The Labute approximate surface area is 134 Å². The fraction of sp³-hybridized carbons (Fsp3) is 0.438. The molecule has 0 radical (unpaired) electrons. The fourth-order valence-corrected chi connectivity index (χ4v) is 3.00. The Morgan fingerprint density at radius 3 is 2.52 bits per heavy atom. The standard InChI is InChI=1S/C16H20F3NO2Si/c1-23(2,3)7-6-22-11-20-5-4-14-12(10-21)8-13(9-15(14)20)16(17,18)19/h4-5,8-10H,6-7,11H2,1-3H3. The van der Waals surface area contributed by atoms with E-state index in [4.69, 9.17) is 4.74 Å². The van der Waals surface area contributed by atoms with Crippen LogP contribution in [-0.2, 0) is 17.6 Å². The summed E-state index contributed by atoms with van der Waals surface area (Å²) in [5.74, 6) is 0. The molecule has 0 aliphatic carbocycles. The number of benzene rings is 1. The molecule has 7 heteroatoms. The maximum Gasteiger partial charge on any atom is 0.416 e. The monoisotopic (exact) mass is 343 g/mol. The lowest BCUT2D eigenvalue weighted by Crippen LogP contribution is -2.22. The van der Waals surface area contributed by atoms with Crippen LogP contribution in [0.3, 0.4) is 0 Å². The summed E-state index contributed by atoms with van der Waals surface area (Å²) in [5.41, 5.74) is -0.431. The number of alkyl halides is 3. The van der Waals surface area contributed by atoms with E-state index < -0.39 is 19.8 Å². The summed E-state index contributed by atoms with van der Waals surface area (Å²) in [5, 5.41) is 0.502. The molecule has 0 saturated heterocycles. The number of rotatable bonds is 6.